The zero-order valence-corrected chi connectivity index (χ0v) is 12.5. The lowest BCUT2D eigenvalue weighted by atomic mass is 9.96. The highest BCUT2D eigenvalue weighted by Crippen LogP contribution is 2.24. The summed E-state index contributed by atoms with van der Waals surface area (Å²) in [6.45, 7) is 5.67. The van der Waals surface area contributed by atoms with E-state index in [9.17, 15) is 4.79 Å². The fourth-order valence-electron chi connectivity index (χ4n) is 1.63. The van der Waals surface area contributed by atoms with Gasteiger partial charge in [0.25, 0.3) is 0 Å². The molecule has 3 nitrogen and oxygen atoms in total. The minimum absolute atomic E-state index is 0. The Morgan fingerprint density at radius 3 is 2.67 bits per heavy atom. The average Bonchev–Trinajstić information content (AvgIpc) is 2.23. The van der Waals surface area contributed by atoms with E-state index in [0.717, 1.165) is 12.0 Å². The molecule has 0 aliphatic heterocycles. The number of nitrogens with two attached hydrogens (primary N) is 1. The minimum atomic E-state index is -0.859. The highest BCUT2D eigenvalue weighted by Gasteiger charge is 2.27. The largest absolute Gasteiger partial charge is 0.323 e. The average molecular weight is 291 g/mol. The molecule has 18 heavy (non-hydrogen) atoms. The van der Waals surface area contributed by atoms with Crippen molar-refractivity contribution in [2.24, 2.45) is 5.73 Å². The van der Waals surface area contributed by atoms with Crippen LogP contribution >= 0.6 is 24.0 Å². The Labute approximate surface area is 119 Å². The van der Waals surface area contributed by atoms with Gasteiger partial charge in [-0.05, 0) is 38.0 Å². The summed E-state index contributed by atoms with van der Waals surface area (Å²) in [6.07, 6.45) is 1.50. The molecular formula is C13H20Cl2N2O. The molecule has 1 aromatic carbocycles. The van der Waals surface area contributed by atoms with Crippen LogP contribution in [-0.2, 0) is 4.79 Å². The molecule has 3 N–H and O–H groups in total. The number of nitrogens with one attached hydrogen (secondary N) is 1. The second-order valence-electron chi connectivity index (χ2n) is 4.60. The van der Waals surface area contributed by atoms with E-state index < -0.39 is 5.54 Å². The first-order chi connectivity index (χ1) is 7.86. The second-order valence-corrected chi connectivity index (χ2v) is 5.01. The number of carbonyl (C=O) groups excluding carboxylic acids is 1. The first kappa shape index (κ1) is 17.2. The molecule has 0 saturated heterocycles. The summed E-state index contributed by atoms with van der Waals surface area (Å²) < 4.78 is 0. The molecule has 0 bridgehead atoms. The number of benzene rings is 1. The standard InChI is InChI=1S/C13H19ClN2O.ClH/c1-4-7-13(3,15)12(17)16-11-8-9(2)5-6-10(11)14;/h5-6,8H,4,7,15H2,1-3H3,(H,16,17);1H. The van der Waals surface area contributed by atoms with Crippen LogP contribution < -0.4 is 11.1 Å². The molecule has 1 atom stereocenters. The fourth-order valence-corrected chi connectivity index (χ4v) is 1.80. The summed E-state index contributed by atoms with van der Waals surface area (Å²) in [6, 6.07) is 5.49. The number of anilines is 1. The third-order valence-electron chi connectivity index (χ3n) is 2.66. The van der Waals surface area contributed by atoms with Crippen LogP contribution in [0.4, 0.5) is 5.69 Å². The lowest BCUT2D eigenvalue weighted by molar-refractivity contribution is -0.120. The molecule has 0 spiro atoms. The van der Waals surface area contributed by atoms with E-state index in [0.29, 0.717) is 17.1 Å². The summed E-state index contributed by atoms with van der Waals surface area (Å²) in [5.74, 6) is -0.202. The maximum absolute atomic E-state index is 12.0. The van der Waals surface area contributed by atoms with E-state index in [1.54, 1.807) is 13.0 Å². The topological polar surface area (TPSA) is 55.1 Å². The van der Waals surface area contributed by atoms with Crippen LogP contribution in [0, 0.1) is 6.92 Å². The van der Waals surface area contributed by atoms with Gasteiger partial charge in [0, 0.05) is 0 Å². The van der Waals surface area contributed by atoms with Crippen molar-refractivity contribution in [2.45, 2.75) is 39.2 Å². The maximum atomic E-state index is 12.0. The molecule has 1 amide bonds. The van der Waals surface area contributed by atoms with E-state index in [-0.39, 0.29) is 18.3 Å². The predicted molar refractivity (Wildman–Crippen MR) is 79.6 cm³/mol. The number of halogens is 2. The Bertz CT molecular complexity index is 419. The van der Waals surface area contributed by atoms with Crippen LogP contribution in [0.15, 0.2) is 18.2 Å². The van der Waals surface area contributed by atoms with Crippen molar-refractivity contribution in [2.75, 3.05) is 5.32 Å². The van der Waals surface area contributed by atoms with Gasteiger partial charge < -0.3 is 11.1 Å². The first-order valence-corrected chi connectivity index (χ1v) is 6.11. The van der Waals surface area contributed by atoms with Gasteiger partial charge in [0.15, 0.2) is 0 Å². The van der Waals surface area contributed by atoms with Crippen LogP contribution in [0.2, 0.25) is 5.02 Å². The van der Waals surface area contributed by atoms with Crippen LogP contribution in [0.25, 0.3) is 0 Å². The van der Waals surface area contributed by atoms with E-state index in [1.165, 1.54) is 0 Å². The number of amides is 1. The van der Waals surface area contributed by atoms with Gasteiger partial charge in [-0.2, -0.15) is 0 Å². The minimum Gasteiger partial charge on any atom is -0.323 e. The van der Waals surface area contributed by atoms with Crippen molar-refractivity contribution in [1.29, 1.82) is 0 Å². The molecule has 1 unspecified atom stereocenters. The SMILES string of the molecule is CCCC(C)(N)C(=O)Nc1cc(C)ccc1Cl.Cl. The quantitative estimate of drug-likeness (QED) is 0.891. The molecule has 0 aliphatic carbocycles. The van der Waals surface area contributed by atoms with E-state index in [2.05, 4.69) is 5.32 Å². The van der Waals surface area contributed by atoms with Crippen molar-refractivity contribution < 1.29 is 4.79 Å². The summed E-state index contributed by atoms with van der Waals surface area (Å²) in [5, 5.41) is 3.30. The Balaban J connectivity index is 0.00000289. The molecule has 0 aliphatic rings. The third-order valence-corrected chi connectivity index (χ3v) is 2.99. The van der Waals surface area contributed by atoms with Crippen molar-refractivity contribution in [3.8, 4) is 0 Å². The van der Waals surface area contributed by atoms with Crippen LogP contribution in [0.3, 0.4) is 0 Å². The van der Waals surface area contributed by atoms with Gasteiger partial charge in [-0.1, -0.05) is 31.0 Å². The van der Waals surface area contributed by atoms with E-state index in [4.69, 9.17) is 17.3 Å². The first-order valence-electron chi connectivity index (χ1n) is 5.73. The van der Waals surface area contributed by atoms with Crippen LogP contribution in [0.1, 0.15) is 32.3 Å². The molecule has 1 rings (SSSR count). The summed E-state index contributed by atoms with van der Waals surface area (Å²) in [7, 11) is 0. The number of rotatable bonds is 4. The van der Waals surface area contributed by atoms with Gasteiger partial charge in [-0.25, -0.2) is 0 Å². The van der Waals surface area contributed by atoms with Crippen molar-refractivity contribution in [3.05, 3.63) is 28.8 Å². The van der Waals surface area contributed by atoms with Gasteiger partial charge in [-0.3, -0.25) is 4.79 Å². The molecule has 1 aromatic rings. The van der Waals surface area contributed by atoms with Crippen molar-refractivity contribution in [1.82, 2.24) is 0 Å². The lowest BCUT2D eigenvalue weighted by Gasteiger charge is -2.23. The molecule has 5 heteroatoms. The number of hydrogen-bond donors (Lipinski definition) is 2. The highest BCUT2D eigenvalue weighted by molar-refractivity contribution is 6.33. The monoisotopic (exact) mass is 290 g/mol. The predicted octanol–water partition coefficient (Wildman–Crippen LogP) is 3.53. The van der Waals surface area contributed by atoms with E-state index in [1.807, 2.05) is 26.0 Å². The summed E-state index contributed by atoms with van der Waals surface area (Å²) >= 11 is 6.01. The van der Waals surface area contributed by atoms with Crippen molar-refractivity contribution >= 4 is 35.6 Å². The Morgan fingerprint density at radius 2 is 2.11 bits per heavy atom. The molecule has 102 valence electrons. The van der Waals surface area contributed by atoms with Gasteiger partial charge in [0.05, 0.1) is 16.2 Å². The van der Waals surface area contributed by atoms with Gasteiger partial charge in [0.2, 0.25) is 5.91 Å². The Hall–Kier alpha value is -0.770. The molecule has 0 heterocycles. The zero-order chi connectivity index (χ0) is 13.1. The second kappa shape index (κ2) is 6.98. The number of hydrogen-bond acceptors (Lipinski definition) is 2. The van der Waals surface area contributed by atoms with Crippen LogP contribution in [0.5, 0.6) is 0 Å². The maximum Gasteiger partial charge on any atom is 0.244 e. The van der Waals surface area contributed by atoms with Gasteiger partial charge in [-0.15, -0.1) is 12.4 Å². The smallest absolute Gasteiger partial charge is 0.244 e. The van der Waals surface area contributed by atoms with Gasteiger partial charge in [0.1, 0.15) is 0 Å². The molecule has 0 fully saturated rings. The van der Waals surface area contributed by atoms with E-state index >= 15 is 0 Å². The summed E-state index contributed by atoms with van der Waals surface area (Å²) in [4.78, 5) is 12.0. The normalized spacial score (nSPS) is 13.4. The Morgan fingerprint density at radius 1 is 1.50 bits per heavy atom. The van der Waals surface area contributed by atoms with Crippen LogP contribution in [-0.4, -0.2) is 11.4 Å². The highest BCUT2D eigenvalue weighted by atomic mass is 35.5. The third kappa shape index (κ3) is 4.48. The molecule has 0 radical (unpaired) electrons. The molecular weight excluding hydrogens is 271 g/mol. The number of carbonyl (C=O) groups is 1. The number of aryl methyl sites for hydroxylation is 1. The Kier molecular flexibility index (Phi) is 6.68. The summed E-state index contributed by atoms with van der Waals surface area (Å²) in [5.41, 5.74) is 6.75. The fraction of sp³-hybridized carbons (Fsp3) is 0.462. The van der Waals surface area contributed by atoms with Crippen molar-refractivity contribution in [3.63, 3.8) is 0 Å². The lowest BCUT2D eigenvalue weighted by Crippen LogP contribution is -2.48. The molecule has 0 aromatic heterocycles. The molecule has 0 saturated carbocycles. The zero-order valence-electron chi connectivity index (χ0n) is 10.9. The van der Waals surface area contributed by atoms with Gasteiger partial charge >= 0.3 is 0 Å².